The van der Waals surface area contributed by atoms with Crippen LogP contribution in [0, 0.1) is 0 Å². The first-order valence-corrected chi connectivity index (χ1v) is 12.0. The average molecular weight is 485 g/mol. The van der Waals surface area contributed by atoms with Gasteiger partial charge in [0, 0.05) is 49.9 Å². The van der Waals surface area contributed by atoms with Gasteiger partial charge in [-0.3, -0.25) is 4.79 Å². The quantitative estimate of drug-likeness (QED) is 0.609. The number of nitrogens with zero attached hydrogens (tertiary/aromatic N) is 3. The van der Waals surface area contributed by atoms with Crippen molar-refractivity contribution in [1.29, 1.82) is 0 Å². The number of nitrogens with one attached hydrogen (secondary N) is 1. The Kier molecular flexibility index (Phi) is 7.22. The molecule has 1 N–H and O–H groups in total. The molecule has 0 unspecified atom stereocenters. The second kappa shape index (κ2) is 9.64. The molecule has 7 nitrogen and oxygen atoms in total. The van der Waals surface area contributed by atoms with Crippen molar-refractivity contribution in [2.24, 2.45) is 0 Å². The third-order valence-electron chi connectivity index (χ3n) is 4.26. The number of rotatable bonds is 7. The van der Waals surface area contributed by atoms with Crippen molar-refractivity contribution in [3.05, 3.63) is 51.3 Å². The fraction of sp³-hybridized carbons (Fsp3) is 0.333. The Hall–Kier alpha value is -1.75. The smallest absolute Gasteiger partial charge is 0.244 e. The summed E-state index contributed by atoms with van der Waals surface area (Å²) in [6, 6.07) is 9.49. The molecule has 1 fully saturated rings. The van der Waals surface area contributed by atoms with Crippen LogP contribution in [0.3, 0.4) is 0 Å². The highest BCUT2D eigenvalue weighted by atomic mass is 79.9. The SMILES string of the molecule is O=C(/C=C/c1ccc(Br)s1)NCCS(=O)(=O)N1CCN(c2ccccn2)CC1. The Morgan fingerprint density at radius 1 is 1.21 bits per heavy atom. The molecule has 0 saturated carbocycles. The normalized spacial score (nSPS) is 15.8. The van der Waals surface area contributed by atoms with Crippen molar-refractivity contribution < 1.29 is 13.2 Å². The van der Waals surface area contributed by atoms with E-state index in [-0.39, 0.29) is 18.2 Å². The van der Waals surface area contributed by atoms with E-state index in [1.165, 1.54) is 21.7 Å². The molecule has 0 bridgehead atoms. The minimum Gasteiger partial charge on any atom is -0.354 e. The van der Waals surface area contributed by atoms with Gasteiger partial charge in [-0.25, -0.2) is 13.4 Å². The number of anilines is 1. The Balaban J connectivity index is 1.43. The molecule has 150 valence electrons. The lowest BCUT2D eigenvalue weighted by Gasteiger charge is -2.34. The average Bonchev–Trinajstić information content (AvgIpc) is 3.12. The molecule has 3 heterocycles. The molecule has 10 heteroatoms. The van der Waals surface area contributed by atoms with Crippen LogP contribution < -0.4 is 10.2 Å². The fourth-order valence-electron chi connectivity index (χ4n) is 2.80. The topological polar surface area (TPSA) is 82.6 Å². The molecule has 0 aromatic carbocycles. The van der Waals surface area contributed by atoms with Gasteiger partial charge in [-0.15, -0.1) is 11.3 Å². The monoisotopic (exact) mass is 484 g/mol. The number of pyridine rings is 1. The maximum absolute atomic E-state index is 12.5. The van der Waals surface area contributed by atoms with E-state index in [0.717, 1.165) is 14.5 Å². The first-order chi connectivity index (χ1) is 13.4. The van der Waals surface area contributed by atoms with E-state index >= 15 is 0 Å². The Bertz CT molecular complexity index is 923. The molecule has 3 rings (SSSR count). The number of hydrogen-bond acceptors (Lipinski definition) is 6. The van der Waals surface area contributed by atoms with Gasteiger partial charge in [-0.2, -0.15) is 4.31 Å². The molecule has 28 heavy (non-hydrogen) atoms. The fourth-order valence-corrected chi connectivity index (χ4v) is 5.47. The van der Waals surface area contributed by atoms with Crippen molar-refractivity contribution >= 4 is 55.1 Å². The number of hydrogen-bond donors (Lipinski definition) is 1. The van der Waals surface area contributed by atoms with E-state index in [2.05, 4.69) is 31.1 Å². The lowest BCUT2D eigenvalue weighted by atomic mass is 10.3. The predicted molar refractivity (Wildman–Crippen MR) is 116 cm³/mol. The maximum Gasteiger partial charge on any atom is 0.244 e. The standard InChI is InChI=1S/C18H21BrN4O3S2/c19-16-6-4-15(27-16)5-7-18(24)21-9-14-28(25,26)23-12-10-22(11-13-23)17-3-1-2-8-20-17/h1-8H,9-14H2,(H,21,24)/b7-5+. The van der Waals surface area contributed by atoms with Gasteiger partial charge < -0.3 is 10.2 Å². The van der Waals surface area contributed by atoms with Gasteiger partial charge in [0.2, 0.25) is 15.9 Å². The van der Waals surface area contributed by atoms with Crippen molar-refractivity contribution in [3.63, 3.8) is 0 Å². The van der Waals surface area contributed by atoms with E-state index < -0.39 is 10.0 Å². The van der Waals surface area contributed by atoms with Crippen LogP contribution in [0.1, 0.15) is 4.88 Å². The Morgan fingerprint density at radius 2 is 2.00 bits per heavy atom. The first kappa shape index (κ1) is 21.0. The highest BCUT2D eigenvalue weighted by molar-refractivity contribution is 9.11. The number of carbonyl (C=O) groups is 1. The number of carbonyl (C=O) groups excluding carboxylic acids is 1. The minimum atomic E-state index is -3.41. The van der Waals surface area contributed by atoms with Crippen LogP contribution in [0.25, 0.3) is 6.08 Å². The lowest BCUT2D eigenvalue weighted by Crippen LogP contribution is -2.50. The van der Waals surface area contributed by atoms with Crippen LogP contribution in [0.5, 0.6) is 0 Å². The third kappa shape index (κ3) is 5.87. The summed E-state index contributed by atoms with van der Waals surface area (Å²) in [5.41, 5.74) is 0. The molecule has 0 atom stereocenters. The molecular weight excluding hydrogens is 464 g/mol. The van der Waals surface area contributed by atoms with Crippen LogP contribution in [-0.4, -0.2) is 62.1 Å². The zero-order valence-electron chi connectivity index (χ0n) is 15.1. The van der Waals surface area contributed by atoms with Crippen LogP contribution in [0.15, 0.2) is 46.4 Å². The minimum absolute atomic E-state index is 0.0834. The number of aromatic nitrogens is 1. The van der Waals surface area contributed by atoms with Crippen molar-refractivity contribution in [1.82, 2.24) is 14.6 Å². The summed E-state index contributed by atoms with van der Waals surface area (Å²) in [6.45, 7) is 2.11. The van der Waals surface area contributed by atoms with Crippen molar-refractivity contribution in [2.45, 2.75) is 0 Å². The van der Waals surface area contributed by atoms with Crippen LogP contribution in [0.2, 0.25) is 0 Å². The van der Waals surface area contributed by atoms with E-state index in [1.54, 1.807) is 12.3 Å². The van der Waals surface area contributed by atoms with Crippen LogP contribution in [0.4, 0.5) is 5.82 Å². The lowest BCUT2D eigenvalue weighted by molar-refractivity contribution is -0.116. The zero-order chi connectivity index (χ0) is 20.0. The summed E-state index contributed by atoms with van der Waals surface area (Å²) in [4.78, 5) is 19.2. The van der Waals surface area contributed by atoms with Gasteiger partial charge >= 0.3 is 0 Å². The molecule has 2 aromatic rings. The van der Waals surface area contributed by atoms with Gasteiger partial charge in [0.25, 0.3) is 0 Å². The van der Waals surface area contributed by atoms with Crippen molar-refractivity contribution in [2.75, 3.05) is 43.4 Å². The second-order valence-electron chi connectivity index (χ2n) is 6.16. The first-order valence-electron chi connectivity index (χ1n) is 8.79. The number of amides is 1. The maximum atomic E-state index is 12.5. The highest BCUT2D eigenvalue weighted by Crippen LogP contribution is 2.22. The molecule has 1 aliphatic rings. The summed E-state index contributed by atoms with van der Waals surface area (Å²) in [5.74, 6) is 0.442. The molecule has 1 aliphatic heterocycles. The third-order valence-corrected chi connectivity index (χ3v) is 7.72. The van der Waals surface area contributed by atoms with Crippen LogP contribution >= 0.6 is 27.3 Å². The molecule has 0 aliphatic carbocycles. The molecule has 0 spiro atoms. The predicted octanol–water partition coefficient (Wildman–Crippen LogP) is 2.19. The van der Waals surface area contributed by atoms with E-state index in [9.17, 15) is 13.2 Å². The number of piperazine rings is 1. The summed E-state index contributed by atoms with van der Waals surface area (Å²) in [6.07, 6.45) is 4.85. The van der Waals surface area contributed by atoms with E-state index in [0.29, 0.717) is 26.2 Å². The molecular formula is C18H21BrN4O3S2. The number of halogens is 1. The van der Waals surface area contributed by atoms with Crippen molar-refractivity contribution in [3.8, 4) is 0 Å². The largest absolute Gasteiger partial charge is 0.354 e. The molecule has 1 saturated heterocycles. The Labute approximate surface area is 177 Å². The summed E-state index contributed by atoms with van der Waals surface area (Å²) >= 11 is 4.88. The van der Waals surface area contributed by atoms with Gasteiger partial charge in [0.15, 0.2) is 0 Å². The highest BCUT2D eigenvalue weighted by Gasteiger charge is 2.27. The number of sulfonamides is 1. The molecule has 1 amide bonds. The molecule has 2 aromatic heterocycles. The van der Waals surface area contributed by atoms with Gasteiger partial charge in [-0.1, -0.05) is 6.07 Å². The Morgan fingerprint density at radius 3 is 2.64 bits per heavy atom. The zero-order valence-corrected chi connectivity index (χ0v) is 18.3. The summed E-state index contributed by atoms with van der Waals surface area (Å²) in [5, 5.41) is 2.63. The van der Waals surface area contributed by atoms with Crippen LogP contribution in [-0.2, 0) is 14.8 Å². The van der Waals surface area contributed by atoms with E-state index in [4.69, 9.17) is 0 Å². The van der Waals surface area contributed by atoms with Gasteiger partial charge in [-0.05, 0) is 46.3 Å². The summed E-state index contributed by atoms with van der Waals surface area (Å²) < 4.78 is 27.5. The van der Waals surface area contributed by atoms with Gasteiger partial charge in [0.1, 0.15) is 5.82 Å². The second-order valence-corrected chi connectivity index (χ2v) is 10.7. The summed E-state index contributed by atoms with van der Waals surface area (Å²) in [7, 11) is -3.41. The molecule has 0 radical (unpaired) electrons. The number of thiophene rings is 1. The van der Waals surface area contributed by atoms with Gasteiger partial charge in [0.05, 0.1) is 9.54 Å². The van der Waals surface area contributed by atoms with E-state index in [1.807, 2.05) is 30.3 Å².